The molecule has 0 aromatic heterocycles. The Morgan fingerprint density at radius 3 is 2.95 bits per heavy atom. The molecule has 0 spiro atoms. The molecular formula is C12H13N5O3. The Morgan fingerprint density at radius 1 is 1.50 bits per heavy atom. The number of amides is 1. The molecule has 104 valence electrons. The zero-order valence-electron chi connectivity index (χ0n) is 10.6. The van der Waals surface area contributed by atoms with E-state index >= 15 is 0 Å². The van der Waals surface area contributed by atoms with Crippen LogP contribution in [0.3, 0.4) is 0 Å². The Morgan fingerprint density at radius 2 is 2.25 bits per heavy atom. The SMILES string of the molecule is [N-]=[N+]=NCCCNC(=O)C=Cc1ccccc1[N+](=O)[O-]. The number of carbonyl (C=O) groups excluding carboxylic acids is 1. The normalized spacial score (nSPS) is 10.0. The van der Waals surface area contributed by atoms with Crippen LogP contribution in [0, 0.1) is 10.1 Å². The first kappa shape index (κ1) is 15.2. The number of hydrogen-bond acceptors (Lipinski definition) is 4. The Labute approximate surface area is 114 Å². The molecule has 0 heterocycles. The van der Waals surface area contributed by atoms with Gasteiger partial charge in [0.15, 0.2) is 0 Å². The molecule has 0 saturated carbocycles. The van der Waals surface area contributed by atoms with Gasteiger partial charge in [0.05, 0.1) is 10.5 Å². The van der Waals surface area contributed by atoms with Gasteiger partial charge in [0.2, 0.25) is 5.91 Å². The smallest absolute Gasteiger partial charge is 0.276 e. The fourth-order valence-corrected chi connectivity index (χ4v) is 1.43. The fraction of sp³-hybridized carbons (Fsp3) is 0.250. The summed E-state index contributed by atoms with van der Waals surface area (Å²) in [6.45, 7) is 0.684. The topological polar surface area (TPSA) is 121 Å². The van der Waals surface area contributed by atoms with Gasteiger partial charge in [0, 0.05) is 30.1 Å². The highest BCUT2D eigenvalue weighted by Gasteiger charge is 2.09. The van der Waals surface area contributed by atoms with E-state index in [9.17, 15) is 14.9 Å². The standard InChI is InChI=1S/C12H13N5O3/c13-16-15-9-3-8-14-12(18)7-6-10-4-1-2-5-11(10)17(19)20/h1-2,4-7H,3,8-9H2,(H,14,18). The summed E-state index contributed by atoms with van der Waals surface area (Å²) in [5.74, 6) is -0.357. The van der Waals surface area contributed by atoms with Gasteiger partial charge in [-0.2, -0.15) is 0 Å². The van der Waals surface area contributed by atoms with Crippen LogP contribution in [0.15, 0.2) is 35.5 Å². The van der Waals surface area contributed by atoms with Gasteiger partial charge in [-0.1, -0.05) is 17.2 Å². The van der Waals surface area contributed by atoms with E-state index in [1.165, 1.54) is 18.2 Å². The van der Waals surface area contributed by atoms with E-state index in [-0.39, 0.29) is 11.6 Å². The predicted octanol–water partition coefficient (Wildman–Crippen LogP) is 2.42. The van der Waals surface area contributed by atoms with Crippen molar-refractivity contribution in [3.8, 4) is 0 Å². The van der Waals surface area contributed by atoms with Crippen LogP contribution in [-0.2, 0) is 4.79 Å². The van der Waals surface area contributed by atoms with Crippen molar-refractivity contribution < 1.29 is 9.72 Å². The molecule has 0 aliphatic heterocycles. The number of carbonyl (C=O) groups is 1. The lowest BCUT2D eigenvalue weighted by atomic mass is 10.1. The zero-order valence-corrected chi connectivity index (χ0v) is 10.6. The van der Waals surface area contributed by atoms with Crippen LogP contribution >= 0.6 is 0 Å². The van der Waals surface area contributed by atoms with Crippen molar-refractivity contribution in [2.24, 2.45) is 5.11 Å². The maximum Gasteiger partial charge on any atom is 0.276 e. The quantitative estimate of drug-likeness (QED) is 0.156. The number of nitrogens with zero attached hydrogens (tertiary/aromatic N) is 4. The monoisotopic (exact) mass is 275 g/mol. The summed E-state index contributed by atoms with van der Waals surface area (Å²) >= 11 is 0. The van der Waals surface area contributed by atoms with E-state index in [4.69, 9.17) is 5.53 Å². The van der Waals surface area contributed by atoms with Gasteiger partial charge in [-0.05, 0) is 24.1 Å². The predicted molar refractivity (Wildman–Crippen MR) is 73.8 cm³/mol. The average molecular weight is 275 g/mol. The lowest BCUT2D eigenvalue weighted by Crippen LogP contribution is -2.22. The Bertz CT molecular complexity index is 564. The highest BCUT2D eigenvalue weighted by atomic mass is 16.6. The lowest BCUT2D eigenvalue weighted by molar-refractivity contribution is -0.385. The van der Waals surface area contributed by atoms with Crippen molar-refractivity contribution in [3.05, 3.63) is 56.5 Å². The number of hydrogen-bond donors (Lipinski definition) is 1. The van der Waals surface area contributed by atoms with Gasteiger partial charge in [0.25, 0.3) is 5.69 Å². The second-order valence-electron chi connectivity index (χ2n) is 3.75. The molecule has 8 nitrogen and oxygen atoms in total. The van der Waals surface area contributed by atoms with Crippen LogP contribution in [0.5, 0.6) is 0 Å². The minimum absolute atomic E-state index is 0.0556. The Kier molecular flexibility index (Phi) is 6.29. The number of azide groups is 1. The maximum absolute atomic E-state index is 11.5. The second kappa shape index (κ2) is 8.28. The summed E-state index contributed by atoms with van der Waals surface area (Å²) in [5, 5.41) is 16.7. The summed E-state index contributed by atoms with van der Waals surface area (Å²) in [6.07, 6.45) is 3.16. The number of nitro groups is 1. The van der Waals surface area contributed by atoms with Gasteiger partial charge in [-0.3, -0.25) is 14.9 Å². The molecular weight excluding hydrogens is 262 g/mol. The Hall–Kier alpha value is -2.86. The largest absolute Gasteiger partial charge is 0.353 e. The summed E-state index contributed by atoms with van der Waals surface area (Å²) in [4.78, 5) is 24.3. The molecule has 0 fully saturated rings. The van der Waals surface area contributed by atoms with Crippen molar-refractivity contribution in [2.75, 3.05) is 13.1 Å². The van der Waals surface area contributed by atoms with E-state index in [0.717, 1.165) is 0 Å². The molecule has 0 aliphatic rings. The summed E-state index contributed by atoms with van der Waals surface area (Å²) in [6, 6.07) is 6.15. The molecule has 1 aromatic carbocycles. The summed E-state index contributed by atoms with van der Waals surface area (Å²) in [7, 11) is 0. The van der Waals surface area contributed by atoms with E-state index in [1.54, 1.807) is 18.2 Å². The average Bonchev–Trinajstić information content (AvgIpc) is 2.45. The zero-order chi connectivity index (χ0) is 14.8. The number of benzene rings is 1. The second-order valence-corrected chi connectivity index (χ2v) is 3.75. The van der Waals surface area contributed by atoms with Gasteiger partial charge in [-0.25, -0.2) is 0 Å². The Balaban J connectivity index is 2.53. The van der Waals surface area contributed by atoms with Crippen LogP contribution < -0.4 is 5.32 Å². The molecule has 0 aliphatic carbocycles. The molecule has 1 aromatic rings. The first-order chi connectivity index (χ1) is 9.65. The summed E-state index contributed by atoms with van der Waals surface area (Å²) in [5.41, 5.74) is 8.37. The van der Waals surface area contributed by atoms with Crippen molar-refractivity contribution in [1.82, 2.24) is 5.32 Å². The molecule has 0 bridgehead atoms. The number of rotatable bonds is 7. The van der Waals surface area contributed by atoms with Crippen molar-refractivity contribution in [2.45, 2.75) is 6.42 Å². The van der Waals surface area contributed by atoms with Crippen molar-refractivity contribution in [1.29, 1.82) is 0 Å². The molecule has 20 heavy (non-hydrogen) atoms. The molecule has 1 amide bonds. The maximum atomic E-state index is 11.5. The first-order valence-electron chi connectivity index (χ1n) is 5.85. The molecule has 0 saturated heterocycles. The van der Waals surface area contributed by atoms with Crippen LogP contribution in [0.1, 0.15) is 12.0 Å². The van der Waals surface area contributed by atoms with Crippen molar-refractivity contribution in [3.63, 3.8) is 0 Å². The van der Waals surface area contributed by atoms with E-state index in [1.807, 2.05) is 0 Å². The van der Waals surface area contributed by atoms with E-state index in [0.29, 0.717) is 25.1 Å². The molecule has 0 unspecified atom stereocenters. The van der Waals surface area contributed by atoms with Crippen molar-refractivity contribution >= 4 is 17.7 Å². The van der Waals surface area contributed by atoms with Crippen LogP contribution in [-0.4, -0.2) is 23.9 Å². The van der Waals surface area contributed by atoms with Crippen LogP contribution in [0.4, 0.5) is 5.69 Å². The van der Waals surface area contributed by atoms with Crippen LogP contribution in [0.2, 0.25) is 0 Å². The highest BCUT2D eigenvalue weighted by Crippen LogP contribution is 2.18. The fourth-order valence-electron chi connectivity index (χ4n) is 1.43. The van der Waals surface area contributed by atoms with Gasteiger partial charge < -0.3 is 5.32 Å². The third kappa shape index (κ3) is 5.19. The third-order valence-corrected chi connectivity index (χ3v) is 2.35. The van der Waals surface area contributed by atoms with Gasteiger partial charge in [-0.15, -0.1) is 0 Å². The highest BCUT2D eigenvalue weighted by molar-refractivity contribution is 5.92. The van der Waals surface area contributed by atoms with E-state index in [2.05, 4.69) is 15.3 Å². The van der Waals surface area contributed by atoms with E-state index < -0.39 is 4.92 Å². The van der Waals surface area contributed by atoms with Gasteiger partial charge in [0.1, 0.15) is 0 Å². The first-order valence-corrected chi connectivity index (χ1v) is 5.85. The summed E-state index contributed by atoms with van der Waals surface area (Å²) < 4.78 is 0. The number of nitrogens with one attached hydrogen (secondary N) is 1. The minimum atomic E-state index is -0.503. The molecule has 1 rings (SSSR count). The number of nitro benzene ring substituents is 1. The van der Waals surface area contributed by atoms with Crippen LogP contribution in [0.25, 0.3) is 16.5 Å². The minimum Gasteiger partial charge on any atom is -0.353 e. The molecule has 1 N–H and O–H groups in total. The number of para-hydroxylation sites is 1. The molecule has 8 heteroatoms. The third-order valence-electron chi connectivity index (χ3n) is 2.35. The van der Waals surface area contributed by atoms with Gasteiger partial charge >= 0.3 is 0 Å². The molecule has 0 radical (unpaired) electrons. The molecule has 0 atom stereocenters. The lowest BCUT2D eigenvalue weighted by Gasteiger charge is -1.99.